The van der Waals surface area contributed by atoms with E-state index in [1.165, 1.54) is 0 Å². The maximum atomic E-state index is 12.5. The van der Waals surface area contributed by atoms with Crippen LogP contribution in [0.1, 0.15) is 27.3 Å². The molecule has 0 saturated heterocycles. The fraction of sp³-hybridized carbons (Fsp3) is 0.167. The summed E-state index contributed by atoms with van der Waals surface area (Å²) in [6.45, 7) is 3.10. The molecule has 0 aliphatic rings. The minimum atomic E-state index is -0.0585. The summed E-state index contributed by atoms with van der Waals surface area (Å²) in [7, 11) is 0. The van der Waals surface area contributed by atoms with Gasteiger partial charge in [-0.05, 0) is 42.3 Å². The van der Waals surface area contributed by atoms with E-state index in [1.807, 2.05) is 73.7 Å². The van der Waals surface area contributed by atoms with Crippen molar-refractivity contribution >= 4 is 28.5 Å². The number of nitrogens with zero attached hydrogens (tertiary/aromatic N) is 2. The van der Waals surface area contributed by atoms with Gasteiger partial charge in [-0.25, -0.2) is 4.98 Å². The highest BCUT2D eigenvalue weighted by Crippen LogP contribution is 2.22. The molecule has 0 fully saturated rings. The van der Waals surface area contributed by atoms with Gasteiger partial charge in [0.2, 0.25) is 0 Å². The Balaban J connectivity index is 1.55. The SMILES string of the molecule is Cc1ccccc1C(=O)NCCc1nc2ccccc2n1Cc1ccccc1Cl. The molecule has 0 radical (unpaired) electrons. The lowest BCUT2D eigenvalue weighted by atomic mass is 10.1. The minimum Gasteiger partial charge on any atom is -0.352 e. The smallest absolute Gasteiger partial charge is 0.251 e. The highest BCUT2D eigenvalue weighted by Gasteiger charge is 2.13. The van der Waals surface area contributed by atoms with E-state index in [9.17, 15) is 4.79 Å². The van der Waals surface area contributed by atoms with E-state index in [1.54, 1.807) is 0 Å². The van der Waals surface area contributed by atoms with Crippen LogP contribution in [0.4, 0.5) is 0 Å². The molecule has 146 valence electrons. The molecule has 0 atom stereocenters. The first-order valence-electron chi connectivity index (χ1n) is 9.65. The Hall–Kier alpha value is -3.11. The van der Waals surface area contributed by atoms with Crippen LogP contribution < -0.4 is 5.32 Å². The number of imidazole rings is 1. The van der Waals surface area contributed by atoms with E-state index in [-0.39, 0.29) is 5.91 Å². The number of carbonyl (C=O) groups excluding carboxylic acids is 1. The van der Waals surface area contributed by atoms with Crippen molar-refractivity contribution in [2.24, 2.45) is 0 Å². The quantitative estimate of drug-likeness (QED) is 0.491. The maximum Gasteiger partial charge on any atom is 0.251 e. The molecule has 4 aromatic rings. The molecule has 0 aliphatic heterocycles. The number of amides is 1. The number of para-hydroxylation sites is 2. The van der Waals surface area contributed by atoms with Crippen molar-refractivity contribution in [3.05, 3.63) is 100 Å². The highest BCUT2D eigenvalue weighted by atomic mass is 35.5. The molecular formula is C24H22ClN3O. The van der Waals surface area contributed by atoms with Crippen molar-refractivity contribution in [2.45, 2.75) is 19.9 Å². The average Bonchev–Trinajstić information content (AvgIpc) is 3.07. The largest absolute Gasteiger partial charge is 0.352 e. The molecule has 4 rings (SSSR count). The standard InChI is InChI=1S/C24H22ClN3O/c1-17-8-2-4-10-19(17)24(29)26-15-14-23-27-21-12-6-7-13-22(21)28(23)16-18-9-3-5-11-20(18)25/h2-13H,14-16H2,1H3,(H,26,29). The van der Waals surface area contributed by atoms with Gasteiger partial charge < -0.3 is 9.88 Å². The van der Waals surface area contributed by atoms with E-state index >= 15 is 0 Å². The van der Waals surface area contributed by atoms with Crippen molar-refractivity contribution in [3.8, 4) is 0 Å². The second kappa shape index (κ2) is 8.50. The molecule has 5 heteroatoms. The van der Waals surface area contributed by atoms with Gasteiger partial charge in [0.15, 0.2) is 0 Å². The Kier molecular flexibility index (Phi) is 5.63. The van der Waals surface area contributed by atoms with Gasteiger partial charge >= 0.3 is 0 Å². The van der Waals surface area contributed by atoms with Crippen LogP contribution in [-0.2, 0) is 13.0 Å². The first-order valence-corrected chi connectivity index (χ1v) is 10.0. The third-order valence-electron chi connectivity index (χ3n) is 5.04. The first-order chi connectivity index (χ1) is 14.1. The van der Waals surface area contributed by atoms with Gasteiger partial charge in [-0.2, -0.15) is 0 Å². The van der Waals surface area contributed by atoms with Crippen LogP contribution in [0.15, 0.2) is 72.8 Å². The van der Waals surface area contributed by atoms with E-state index in [0.29, 0.717) is 25.1 Å². The van der Waals surface area contributed by atoms with E-state index < -0.39 is 0 Å². The monoisotopic (exact) mass is 403 g/mol. The van der Waals surface area contributed by atoms with Crippen molar-refractivity contribution in [1.82, 2.24) is 14.9 Å². The number of nitrogens with one attached hydrogen (secondary N) is 1. The number of rotatable bonds is 6. The van der Waals surface area contributed by atoms with Crippen LogP contribution >= 0.6 is 11.6 Å². The molecule has 1 aromatic heterocycles. The zero-order chi connectivity index (χ0) is 20.2. The Bertz CT molecular complexity index is 1170. The molecular weight excluding hydrogens is 382 g/mol. The summed E-state index contributed by atoms with van der Waals surface area (Å²) in [6, 6.07) is 23.5. The second-order valence-electron chi connectivity index (χ2n) is 7.02. The number of halogens is 1. The summed E-state index contributed by atoms with van der Waals surface area (Å²) in [5, 5.41) is 3.76. The molecule has 29 heavy (non-hydrogen) atoms. The Morgan fingerprint density at radius 3 is 2.55 bits per heavy atom. The lowest BCUT2D eigenvalue weighted by molar-refractivity contribution is 0.0953. The van der Waals surface area contributed by atoms with Crippen LogP contribution in [0.3, 0.4) is 0 Å². The number of fused-ring (bicyclic) bond motifs is 1. The molecule has 4 nitrogen and oxygen atoms in total. The summed E-state index contributed by atoms with van der Waals surface area (Å²) < 4.78 is 2.18. The van der Waals surface area contributed by atoms with Gasteiger partial charge in [0.25, 0.3) is 5.91 Å². The molecule has 0 aliphatic carbocycles. The van der Waals surface area contributed by atoms with E-state index in [4.69, 9.17) is 16.6 Å². The summed E-state index contributed by atoms with van der Waals surface area (Å²) >= 11 is 6.38. The predicted molar refractivity (Wildman–Crippen MR) is 118 cm³/mol. The lowest BCUT2D eigenvalue weighted by Gasteiger charge is -2.12. The second-order valence-corrected chi connectivity index (χ2v) is 7.42. The lowest BCUT2D eigenvalue weighted by Crippen LogP contribution is -2.27. The zero-order valence-corrected chi connectivity index (χ0v) is 17.0. The van der Waals surface area contributed by atoms with Crippen LogP contribution in [0.5, 0.6) is 0 Å². The minimum absolute atomic E-state index is 0.0585. The molecule has 0 saturated carbocycles. The van der Waals surface area contributed by atoms with Crippen molar-refractivity contribution < 1.29 is 4.79 Å². The number of hydrogen-bond acceptors (Lipinski definition) is 2. The number of aryl methyl sites for hydroxylation is 1. The number of aromatic nitrogens is 2. The van der Waals surface area contributed by atoms with Gasteiger partial charge in [-0.3, -0.25) is 4.79 Å². The molecule has 1 heterocycles. The molecule has 1 amide bonds. The number of hydrogen-bond donors (Lipinski definition) is 1. The maximum absolute atomic E-state index is 12.5. The molecule has 3 aromatic carbocycles. The Morgan fingerprint density at radius 2 is 1.72 bits per heavy atom. The third-order valence-corrected chi connectivity index (χ3v) is 5.41. The number of carbonyl (C=O) groups is 1. The Labute approximate surface area is 175 Å². The Morgan fingerprint density at radius 1 is 1.00 bits per heavy atom. The molecule has 0 spiro atoms. The van der Waals surface area contributed by atoms with Crippen LogP contribution in [0.2, 0.25) is 5.02 Å². The van der Waals surface area contributed by atoms with Gasteiger partial charge in [-0.1, -0.05) is 60.1 Å². The van der Waals surface area contributed by atoms with Gasteiger partial charge in [0.05, 0.1) is 17.6 Å². The van der Waals surface area contributed by atoms with Gasteiger partial charge in [-0.15, -0.1) is 0 Å². The zero-order valence-electron chi connectivity index (χ0n) is 16.2. The molecule has 0 bridgehead atoms. The summed E-state index contributed by atoms with van der Waals surface area (Å²) in [5.74, 6) is 0.869. The van der Waals surface area contributed by atoms with Crippen LogP contribution in [0, 0.1) is 6.92 Å². The summed E-state index contributed by atoms with van der Waals surface area (Å²) in [4.78, 5) is 17.3. The highest BCUT2D eigenvalue weighted by molar-refractivity contribution is 6.31. The van der Waals surface area contributed by atoms with Crippen molar-refractivity contribution in [2.75, 3.05) is 6.54 Å². The molecule has 0 unspecified atom stereocenters. The summed E-state index contributed by atoms with van der Waals surface area (Å²) in [5.41, 5.74) is 4.72. The van der Waals surface area contributed by atoms with E-state index in [2.05, 4.69) is 16.0 Å². The fourth-order valence-corrected chi connectivity index (χ4v) is 3.70. The average molecular weight is 404 g/mol. The number of benzene rings is 3. The van der Waals surface area contributed by atoms with Crippen LogP contribution in [0.25, 0.3) is 11.0 Å². The summed E-state index contributed by atoms with van der Waals surface area (Å²) in [6.07, 6.45) is 0.636. The predicted octanol–water partition coefficient (Wildman–Crippen LogP) is 5.02. The molecule has 1 N–H and O–H groups in total. The van der Waals surface area contributed by atoms with Gasteiger partial charge in [0.1, 0.15) is 5.82 Å². The van der Waals surface area contributed by atoms with Crippen LogP contribution in [-0.4, -0.2) is 22.0 Å². The van der Waals surface area contributed by atoms with E-state index in [0.717, 1.165) is 33.0 Å². The van der Waals surface area contributed by atoms with Crippen molar-refractivity contribution in [3.63, 3.8) is 0 Å². The topological polar surface area (TPSA) is 46.9 Å². The van der Waals surface area contributed by atoms with Gasteiger partial charge in [0, 0.05) is 23.6 Å². The normalized spacial score (nSPS) is 11.0. The first kappa shape index (κ1) is 19.2. The third kappa shape index (κ3) is 4.17. The van der Waals surface area contributed by atoms with Crippen molar-refractivity contribution in [1.29, 1.82) is 0 Å². The fourth-order valence-electron chi connectivity index (χ4n) is 3.50.